The molecule has 0 aliphatic carbocycles. The Balaban J connectivity index is 1.91. The summed E-state index contributed by atoms with van der Waals surface area (Å²) in [5.41, 5.74) is 0. The molecule has 1 heterocycles. The van der Waals surface area contributed by atoms with Crippen molar-refractivity contribution in [3.8, 4) is 0 Å². The normalized spacial score (nSPS) is 25.5. The van der Waals surface area contributed by atoms with Gasteiger partial charge >= 0.3 is 0 Å². The Morgan fingerprint density at radius 2 is 2.50 bits per heavy atom. The van der Waals surface area contributed by atoms with Gasteiger partial charge in [0, 0.05) is 12.6 Å². The van der Waals surface area contributed by atoms with Crippen LogP contribution in [-0.4, -0.2) is 25.8 Å². The van der Waals surface area contributed by atoms with Crippen molar-refractivity contribution < 1.29 is 4.74 Å². The minimum absolute atomic E-state index is 0.645. The summed E-state index contributed by atoms with van der Waals surface area (Å²) in [5, 5.41) is 3.46. The molecule has 1 saturated heterocycles. The molecule has 1 aliphatic heterocycles. The minimum Gasteiger partial charge on any atom is -0.380 e. The molecule has 0 aromatic heterocycles. The summed E-state index contributed by atoms with van der Waals surface area (Å²) in [6, 6.07) is 0.645. The van der Waals surface area contributed by atoms with Crippen LogP contribution in [0.2, 0.25) is 0 Å². The highest BCUT2D eigenvalue weighted by Gasteiger charge is 2.13. The molecule has 2 heteroatoms. The van der Waals surface area contributed by atoms with Crippen LogP contribution < -0.4 is 5.32 Å². The zero-order valence-corrected chi connectivity index (χ0v) is 6.73. The van der Waals surface area contributed by atoms with Gasteiger partial charge in [-0.2, -0.15) is 0 Å². The lowest BCUT2D eigenvalue weighted by Gasteiger charge is -2.08. The first-order valence-corrected chi connectivity index (χ1v) is 4.24. The monoisotopic (exact) mass is 143 g/mol. The minimum atomic E-state index is 0.645. The summed E-state index contributed by atoms with van der Waals surface area (Å²) in [6.45, 7) is 5.24. The van der Waals surface area contributed by atoms with Gasteiger partial charge in [-0.15, -0.1) is 0 Å². The van der Waals surface area contributed by atoms with E-state index in [1.54, 1.807) is 0 Å². The molecule has 0 amide bonds. The molecule has 2 nitrogen and oxygen atoms in total. The predicted octanol–water partition coefficient (Wildman–Crippen LogP) is 1.17. The molecular formula is C8H17NO. The predicted molar refractivity (Wildman–Crippen MR) is 42.1 cm³/mol. The highest BCUT2D eigenvalue weighted by molar-refractivity contribution is 4.70. The summed E-state index contributed by atoms with van der Waals surface area (Å²) in [7, 11) is 0. The van der Waals surface area contributed by atoms with Gasteiger partial charge in [0.05, 0.1) is 6.61 Å². The second kappa shape index (κ2) is 4.69. The second-order valence-electron chi connectivity index (χ2n) is 2.87. The first-order valence-electron chi connectivity index (χ1n) is 4.24. The van der Waals surface area contributed by atoms with Crippen LogP contribution in [0.5, 0.6) is 0 Å². The van der Waals surface area contributed by atoms with E-state index in [2.05, 4.69) is 12.2 Å². The molecule has 10 heavy (non-hydrogen) atoms. The van der Waals surface area contributed by atoms with Crippen LogP contribution >= 0.6 is 0 Å². The first kappa shape index (κ1) is 8.02. The third-order valence-electron chi connectivity index (χ3n) is 1.89. The maximum atomic E-state index is 5.23. The van der Waals surface area contributed by atoms with Gasteiger partial charge < -0.3 is 10.1 Å². The molecule has 0 bridgehead atoms. The van der Waals surface area contributed by atoms with Crippen molar-refractivity contribution >= 4 is 0 Å². The van der Waals surface area contributed by atoms with E-state index in [0.717, 1.165) is 19.8 Å². The average Bonchev–Trinajstić information content (AvgIpc) is 2.41. The molecule has 1 N–H and O–H groups in total. The van der Waals surface area contributed by atoms with Gasteiger partial charge in [-0.25, -0.2) is 0 Å². The lowest BCUT2D eigenvalue weighted by molar-refractivity contribution is 0.190. The summed E-state index contributed by atoms with van der Waals surface area (Å²) >= 11 is 0. The van der Waals surface area contributed by atoms with Crippen LogP contribution in [0, 0.1) is 0 Å². The van der Waals surface area contributed by atoms with Crippen molar-refractivity contribution in [1.82, 2.24) is 5.32 Å². The molecule has 1 atom stereocenters. The molecule has 0 saturated carbocycles. The van der Waals surface area contributed by atoms with E-state index < -0.39 is 0 Å². The second-order valence-corrected chi connectivity index (χ2v) is 2.87. The Morgan fingerprint density at radius 1 is 1.60 bits per heavy atom. The number of hydrogen-bond donors (Lipinski definition) is 1. The molecule has 60 valence electrons. The number of hydrogen-bond acceptors (Lipinski definition) is 2. The standard InChI is InChI=1S/C8H17NO/c1-2-3-5-9-8-4-6-10-7-8/h8-9H,2-7H2,1H3. The first-order chi connectivity index (χ1) is 4.93. The van der Waals surface area contributed by atoms with Gasteiger partial charge in [0.25, 0.3) is 0 Å². The maximum Gasteiger partial charge on any atom is 0.0620 e. The highest BCUT2D eigenvalue weighted by Crippen LogP contribution is 2.02. The fourth-order valence-electron chi connectivity index (χ4n) is 1.18. The number of ether oxygens (including phenoxy) is 1. The molecule has 0 radical (unpaired) electrons. The van der Waals surface area contributed by atoms with Crippen LogP contribution in [0.4, 0.5) is 0 Å². The topological polar surface area (TPSA) is 21.3 Å². The molecule has 1 aliphatic rings. The lowest BCUT2D eigenvalue weighted by Crippen LogP contribution is -2.29. The Hall–Kier alpha value is -0.0800. The summed E-state index contributed by atoms with van der Waals surface area (Å²) in [6.07, 6.45) is 3.76. The molecule has 0 aromatic rings. The van der Waals surface area contributed by atoms with Gasteiger partial charge in [-0.1, -0.05) is 13.3 Å². The van der Waals surface area contributed by atoms with Crippen LogP contribution in [0.1, 0.15) is 26.2 Å². The largest absolute Gasteiger partial charge is 0.380 e. The molecule has 1 rings (SSSR count). The molecular weight excluding hydrogens is 126 g/mol. The Labute approximate surface area is 63.0 Å². The Morgan fingerprint density at radius 3 is 3.10 bits per heavy atom. The fourth-order valence-corrected chi connectivity index (χ4v) is 1.18. The number of rotatable bonds is 4. The lowest BCUT2D eigenvalue weighted by atomic mass is 10.2. The van der Waals surface area contributed by atoms with Crippen molar-refractivity contribution in [3.63, 3.8) is 0 Å². The summed E-state index contributed by atoms with van der Waals surface area (Å²) in [5.74, 6) is 0. The van der Waals surface area contributed by atoms with Crippen molar-refractivity contribution in [1.29, 1.82) is 0 Å². The number of nitrogens with one attached hydrogen (secondary N) is 1. The van der Waals surface area contributed by atoms with E-state index in [1.807, 2.05) is 0 Å². The summed E-state index contributed by atoms with van der Waals surface area (Å²) in [4.78, 5) is 0. The van der Waals surface area contributed by atoms with E-state index in [-0.39, 0.29) is 0 Å². The third-order valence-corrected chi connectivity index (χ3v) is 1.89. The molecule has 1 fully saturated rings. The van der Waals surface area contributed by atoms with Crippen molar-refractivity contribution in [2.45, 2.75) is 32.2 Å². The zero-order valence-electron chi connectivity index (χ0n) is 6.73. The van der Waals surface area contributed by atoms with Crippen molar-refractivity contribution in [2.24, 2.45) is 0 Å². The number of unbranched alkanes of at least 4 members (excludes halogenated alkanes) is 1. The van der Waals surface area contributed by atoms with E-state index in [1.165, 1.54) is 19.3 Å². The van der Waals surface area contributed by atoms with Crippen LogP contribution in [0.15, 0.2) is 0 Å². The quantitative estimate of drug-likeness (QED) is 0.596. The van der Waals surface area contributed by atoms with Crippen LogP contribution in [-0.2, 0) is 4.74 Å². The van der Waals surface area contributed by atoms with E-state index in [0.29, 0.717) is 6.04 Å². The van der Waals surface area contributed by atoms with Gasteiger partial charge in [0.1, 0.15) is 0 Å². The Bertz CT molecular complexity index is 79.3. The molecule has 0 aromatic carbocycles. The van der Waals surface area contributed by atoms with E-state index in [9.17, 15) is 0 Å². The smallest absolute Gasteiger partial charge is 0.0620 e. The Kier molecular flexibility index (Phi) is 3.76. The van der Waals surface area contributed by atoms with Gasteiger partial charge in [-0.3, -0.25) is 0 Å². The molecule has 0 spiro atoms. The SMILES string of the molecule is CCCCNC1CCOC1. The van der Waals surface area contributed by atoms with Crippen molar-refractivity contribution in [3.05, 3.63) is 0 Å². The highest BCUT2D eigenvalue weighted by atomic mass is 16.5. The maximum absolute atomic E-state index is 5.23. The van der Waals surface area contributed by atoms with E-state index in [4.69, 9.17) is 4.74 Å². The van der Waals surface area contributed by atoms with Crippen LogP contribution in [0.25, 0.3) is 0 Å². The fraction of sp³-hybridized carbons (Fsp3) is 1.00. The van der Waals surface area contributed by atoms with Crippen molar-refractivity contribution in [2.75, 3.05) is 19.8 Å². The van der Waals surface area contributed by atoms with Gasteiger partial charge in [0.2, 0.25) is 0 Å². The third kappa shape index (κ3) is 2.67. The molecule has 1 unspecified atom stereocenters. The van der Waals surface area contributed by atoms with Gasteiger partial charge in [-0.05, 0) is 19.4 Å². The average molecular weight is 143 g/mol. The van der Waals surface area contributed by atoms with Crippen LogP contribution in [0.3, 0.4) is 0 Å². The zero-order chi connectivity index (χ0) is 7.23. The van der Waals surface area contributed by atoms with E-state index >= 15 is 0 Å². The van der Waals surface area contributed by atoms with Gasteiger partial charge in [0.15, 0.2) is 0 Å². The summed E-state index contributed by atoms with van der Waals surface area (Å²) < 4.78 is 5.23.